The van der Waals surface area contributed by atoms with Gasteiger partial charge in [0.25, 0.3) is 0 Å². The van der Waals surface area contributed by atoms with Crippen molar-refractivity contribution in [1.29, 1.82) is 0 Å². The summed E-state index contributed by atoms with van der Waals surface area (Å²) < 4.78 is 1.87. The maximum atomic E-state index is 4.59. The number of aryl methyl sites for hydroxylation is 2. The van der Waals surface area contributed by atoms with Crippen LogP contribution in [-0.2, 0) is 19.3 Å². The Labute approximate surface area is 151 Å². The van der Waals surface area contributed by atoms with E-state index in [1.807, 2.05) is 34.5 Å². The third-order valence-corrected chi connectivity index (χ3v) is 5.21. The van der Waals surface area contributed by atoms with Crippen molar-refractivity contribution in [3.05, 3.63) is 100 Å². The number of rotatable bonds is 6. The Balaban J connectivity index is 1.37. The van der Waals surface area contributed by atoms with Crippen molar-refractivity contribution in [2.24, 2.45) is 0 Å². The summed E-state index contributed by atoms with van der Waals surface area (Å²) in [7, 11) is 0. The largest absolute Gasteiger partial charge is 0.249 e. The van der Waals surface area contributed by atoms with Gasteiger partial charge in [-0.3, -0.25) is 0 Å². The molecule has 4 heteroatoms. The van der Waals surface area contributed by atoms with Gasteiger partial charge < -0.3 is 0 Å². The van der Waals surface area contributed by atoms with Gasteiger partial charge in [0.05, 0.1) is 10.7 Å². The van der Waals surface area contributed by atoms with Crippen molar-refractivity contribution in [2.45, 2.75) is 19.3 Å². The molecule has 4 aromatic rings. The molecule has 0 unspecified atom stereocenters. The van der Waals surface area contributed by atoms with Gasteiger partial charge in [0.1, 0.15) is 0 Å². The van der Waals surface area contributed by atoms with E-state index in [9.17, 15) is 0 Å². The lowest BCUT2D eigenvalue weighted by atomic mass is 10.1. The number of aromatic nitrogens is 3. The van der Waals surface area contributed by atoms with E-state index in [-0.39, 0.29) is 0 Å². The lowest BCUT2D eigenvalue weighted by Gasteiger charge is -2.03. The first-order chi connectivity index (χ1) is 12.4. The fourth-order valence-corrected chi connectivity index (χ4v) is 3.79. The minimum Gasteiger partial charge on any atom is -0.249 e. The van der Waals surface area contributed by atoms with Gasteiger partial charge >= 0.3 is 0 Å². The van der Waals surface area contributed by atoms with Gasteiger partial charge in [-0.25, -0.2) is 9.67 Å². The van der Waals surface area contributed by atoms with Crippen molar-refractivity contribution >= 4 is 11.3 Å². The number of benzene rings is 2. The van der Waals surface area contributed by atoms with Crippen molar-refractivity contribution in [1.82, 2.24) is 14.8 Å². The van der Waals surface area contributed by atoms with Gasteiger partial charge in [0.2, 0.25) is 0 Å². The molecule has 0 bridgehead atoms. The van der Waals surface area contributed by atoms with Crippen LogP contribution in [0.25, 0.3) is 5.69 Å². The number of thiazole rings is 1. The summed E-state index contributed by atoms with van der Waals surface area (Å²) in [5.41, 5.74) is 3.75. The van der Waals surface area contributed by atoms with Gasteiger partial charge in [-0.2, -0.15) is 5.10 Å². The second-order valence-corrected chi connectivity index (χ2v) is 7.20. The van der Waals surface area contributed by atoms with E-state index in [0.717, 1.165) is 24.9 Å². The fraction of sp³-hybridized carbons (Fsp3) is 0.143. The summed E-state index contributed by atoms with van der Waals surface area (Å²) in [5, 5.41) is 5.47. The zero-order valence-corrected chi connectivity index (χ0v) is 14.7. The standard InChI is InChI=1S/C21H19N3S/c1-2-5-17(6-3-1)9-12-21-22-16-20(25-21)15-18-7-10-19(11-8-18)24-14-4-13-23-24/h1-8,10-11,13-14,16H,9,12,15H2. The lowest BCUT2D eigenvalue weighted by molar-refractivity contribution is 0.879. The molecule has 4 rings (SSSR count). The quantitative estimate of drug-likeness (QED) is 0.507. The summed E-state index contributed by atoms with van der Waals surface area (Å²) in [5.74, 6) is 0. The summed E-state index contributed by atoms with van der Waals surface area (Å²) in [6.45, 7) is 0. The predicted octanol–water partition coefficient (Wildman–Crippen LogP) is 4.70. The molecule has 25 heavy (non-hydrogen) atoms. The molecule has 124 valence electrons. The molecular formula is C21H19N3S. The molecule has 0 N–H and O–H groups in total. The zero-order valence-electron chi connectivity index (χ0n) is 13.9. The van der Waals surface area contributed by atoms with Crippen LogP contribution in [0.2, 0.25) is 0 Å². The maximum Gasteiger partial charge on any atom is 0.0931 e. The molecule has 0 spiro atoms. The SMILES string of the molecule is c1ccc(CCc2ncc(Cc3ccc(-n4cccn4)cc3)s2)cc1. The van der Waals surface area contributed by atoms with Crippen LogP contribution in [0, 0.1) is 0 Å². The average Bonchev–Trinajstić information content (AvgIpc) is 3.34. The van der Waals surface area contributed by atoms with Crippen LogP contribution in [0.4, 0.5) is 0 Å². The van der Waals surface area contributed by atoms with Gasteiger partial charge in [0, 0.05) is 36.3 Å². The van der Waals surface area contributed by atoms with Crippen molar-refractivity contribution in [3.8, 4) is 5.69 Å². The van der Waals surface area contributed by atoms with E-state index < -0.39 is 0 Å². The molecule has 2 aromatic heterocycles. The minimum atomic E-state index is 0.933. The van der Waals surface area contributed by atoms with Crippen LogP contribution in [0.3, 0.4) is 0 Å². The highest BCUT2D eigenvalue weighted by atomic mass is 32.1. The minimum absolute atomic E-state index is 0.933. The molecule has 2 aromatic carbocycles. The Bertz CT molecular complexity index is 909. The average molecular weight is 345 g/mol. The molecule has 0 aliphatic carbocycles. The predicted molar refractivity (Wildman–Crippen MR) is 102 cm³/mol. The van der Waals surface area contributed by atoms with E-state index in [0.29, 0.717) is 0 Å². The number of hydrogen-bond donors (Lipinski definition) is 0. The van der Waals surface area contributed by atoms with Gasteiger partial charge in [0.15, 0.2) is 0 Å². The first kappa shape index (κ1) is 15.8. The molecule has 0 atom stereocenters. The second-order valence-electron chi connectivity index (χ2n) is 6.00. The Hall–Kier alpha value is -2.72. The maximum absolute atomic E-state index is 4.59. The molecule has 0 saturated carbocycles. The normalized spacial score (nSPS) is 10.9. The summed E-state index contributed by atoms with van der Waals surface area (Å²) in [4.78, 5) is 5.90. The first-order valence-electron chi connectivity index (χ1n) is 8.43. The van der Waals surface area contributed by atoms with Crippen LogP contribution in [0.5, 0.6) is 0 Å². The van der Waals surface area contributed by atoms with Crippen molar-refractivity contribution in [2.75, 3.05) is 0 Å². The fourth-order valence-electron chi connectivity index (χ4n) is 2.83. The third-order valence-electron chi connectivity index (χ3n) is 4.16. The van der Waals surface area contributed by atoms with Gasteiger partial charge in [-0.1, -0.05) is 42.5 Å². The smallest absolute Gasteiger partial charge is 0.0931 e. The molecule has 2 heterocycles. The first-order valence-corrected chi connectivity index (χ1v) is 9.25. The van der Waals surface area contributed by atoms with Crippen molar-refractivity contribution in [3.63, 3.8) is 0 Å². The van der Waals surface area contributed by atoms with E-state index >= 15 is 0 Å². The van der Waals surface area contributed by atoms with E-state index in [1.54, 1.807) is 6.20 Å². The number of nitrogens with zero attached hydrogens (tertiary/aromatic N) is 3. The zero-order chi connectivity index (χ0) is 16.9. The van der Waals surface area contributed by atoms with Crippen LogP contribution in [0.15, 0.2) is 79.3 Å². The van der Waals surface area contributed by atoms with Crippen molar-refractivity contribution < 1.29 is 0 Å². The van der Waals surface area contributed by atoms with E-state index in [2.05, 4.69) is 64.7 Å². The summed E-state index contributed by atoms with van der Waals surface area (Å²) in [6.07, 6.45) is 8.76. The second kappa shape index (κ2) is 7.45. The molecule has 0 aliphatic heterocycles. The molecule has 0 amide bonds. The van der Waals surface area contributed by atoms with Gasteiger partial charge in [-0.05, 0) is 35.7 Å². The van der Waals surface area contributed by atoms with Crippen LogP contribution in [0.1, 0.15) is 21.0 Å². The molecular weight excluding hydrogens is 326 g/mol. The Kier molecular flexibility index (Phi) is 4.70. The number of hydrogen-bond acceptors (Lipinski definition) is 3. The van der Waals surface area contributed by atoms with E-state index in [4.69, 9.17) is 0 Å². The molecule has 0 aliphatic rings. The topological polar surface area (TPSA) is 30.7 Å². The summed E-state index contributed by atoms with van der Waals surface area (Å²) in [6, 6.07) is 21.1. The molecule has 0 saturated heterocycles. The summed E-state index contributed by atoms with van der Waals surface area (Å²) >= 11 is 1.82. The monoisotopic (exact) mass is 345 g/mol. The Morgan fingerprint density at radius 1 is 0.840 bits per heavy atom. The Morgan fingerprint density at radius 2 is 1.68 bits per heavy atom. The lowest BCUT2D eigenvalue weighted by Crippen LogP contribution is -1.94. The molecule has 0 radical (unpaired) electrons. The highest BCUT2D eigenvalue weighted by molar-refractivity contribution is 7.11. The highest BCUT2D eigenvalue weighted by Crippen LogP contribution is 2.20. The highest BCUT2D eigenvalue weighted by Gasteiger charge is 2.05. The van der Waals surface area contributed by atoms with Crippen LogP contribution in [-0.4, -0.2) is 14.8 Å². The Morgan fingerprint density at radius 3 is 2.44 bits per heavy atom. The van der Waals surface area contributed by atoms with Crippen LogP contribution < -0.4 is 0 Å². The van der Waals surface area contributed by atoms with E-state index in [1.165, 1.54) is 21.0 Å². The van der Waals surface area contributed by atoms with Gasteiger partial charge in [-0.15, -0.1) is 11.3 Å². The third kappa shape index (κ3) is 4.03. The molecule has 3 nitrogen and oxygen atoms in total. The molecule has 0 fully saturated rings. The van der Waals surface area contributed by atoms with Crippen LogP contribution >= 0.6 is 11.3 Å².